The molecule has 0 aliphatic rings. The second kappa shape index (κ2) is 6.80. The number of pyridine rings is 2. The van der Waals surface area contributed by atoms with Gasteiger partial charge < -0.3 is 0 Å². The fourth-order valence-electron chi connectivity index (χ4n) is 2.83. The molecule has 6 nitrogen and oxygen atoms in total. The van der Waals surface area contributed by atoms with Gasteiger partial charge in [-0.25, -0.2) is 28.1 Å². The molecule has 4 rings (SSSR count). The van der Waals surface area contributed by atoms with E-state index in [0.717, 1.165) is 21.8 Å². The average molecular weight is 402 g/mol. The van der Waals surface area contributed by atoms with Crippen LogP contribution in [0.2, 0.25) is 0 Å². The van der Waals surface area contributed by atoms with Crippen LogP contribution in [0.15, 0.2) is 48.8 Å². The van der Waals surface area contributed by atoms with Crippen molar-refractivity contribution in [2.24, 2.45) is 0 Å². The van der Waals surface area contributed by atoms with E-state index < -0.39 is 28.9 Å². The predicted molar refractivity (Wildman–Crippen MR) is 94.7 cm³/mol. The first-order valence-corrected chi connectivity index (χ1v) is 8.53. The Morgan fingerprint density at radius 1 is 0.690 bits per heavy atom. The van der Waals surface area contributed by atoms with Gasteiger partial charge >= 0.3 is 0 Å². The first-order valence-electron chi connectivity index (χ1n) is 8.53. The number of aromatic nitrogens is 6. The maximum atomic E-state index is 13.3. The highest BCUT2D eigenvalue weighted by Gasteiger charge is 2.27. The lowest BCUT2D eigenvalue weighted by Crippen LogP contribution is -2.23. The number of halogens is 4. The summed E-state index contributed by atoms with van der Waals surface area (Å²) in [6.07, 6.45) is 1.79. The minimum absolute atomic E-state index is 0.228. The van der Waals surface area contributed by atoms with E-state index in [1.165, 1.54) is 0 Å². The topological polar surface area (TPSA) is 61.4 Å². The largest absolute Gasteiger partial charge is 0.268 e. The van der Waals surface area contributed by atoms with Crippen LogP contribution in [0.4, 0.5) is 17.6 Å². The molecular weight excluding hydrogens is 388 g/mol. The molecule has 4 heterocycles. The van der Waals surface area contributed by atoms with Crippen molar-refractivity contribution in [2.45, 2.75) is 19.3 Å². The lowest BCUT2D eigenvalue weighted by molar-refractivity contribution is 0.487. The molecule has 10 heteroatoms. The van der Waals surface area contributed by atoms with Crippen molar-refractivity contribution in [2.75, 3.05) is 0 Å². The number of hydrogen-bond acceptors (Lipinski definition) is 4. The van der Waals surface area contributed by atoms with Gasteiger partial charge in [-0.1, -0.05) is 12.1 Å². The molecule has 0 saturated carbocycles. The Morgan fingerprint density at radius 3 is 1.45 bits per heavy atom. The Balaban J connectivity index is 1.73. The van der Waals surface area contributed by atoms with Crippen molar-refractivity contribution in [3.05, 3.63) is 83.7 Å². The Bertz CT molecular complexity index is 1070. The summed E-state index contributed by atoms with van der Waals surface area (Å²) in [5, 5.41) is 6.91. The van der Waals surface area contributed by atoms with Crippen molar-refractivity contribution in [1.29, 1.82) is 0 Å². The molecule has 148 valence electrons. The third-order valence-electron chi connectivity index (χ3n) is 4.48. The van der Waals surface area contributed by atoms with Crippen LogP contribution < -0.4 is 0 Å². The van der Waals surface area contributed by atoms with Crippen LogP contribution in [-0.4, -0.2) is 29.5 Å². The van der Waals surface area contributed by atoms with Crippen LogP contribution in [-0.2, 0) is 5.41 Å². The molecule has 0 saturated heterocycles. The van der Waals surface area contributed by atoms with E-state index in [2.05, 4.69) is 20.2 Å². The minimum atomic E-state index is -1.22. The normalized spacial score (nSPS) is 11.8. The van der Waals surface area contributed by atoms with E-state index in [4.69, 9.17) is 0 Å². The quantitative estimate of drug-likeness (QED) is 0.488. The lowest BCUT2D eigenvalue weighted by atomic mass is 9.84. The maximum Gasteiger partial charge on any atom is 0.268 e. The molecule has 0 aliphatic carbocycles. The van der Waals surface area contributed by atoms with Gasteiger partial charge in [0.15, 0.2) is 23.3 Å². The smallest absolute Gasteiger partial charge is 0.233 e. The molecule has 0 unspecified atom stereocenters. The molecule has 0 N–H and O–H groups in total. The van der Waals surface area contributed by atoms with Gasteiger partial charge in [-0.2, -0.15) is 8.78 Å². The van der Waals surface area contributed by atoms with Crippen molar-refractivity contribution >= 4 is 0 Å². The molecule has 0 aromatic carbocycles. The Kier molecular flexibility index (Phi) is 4.40. The van der Waals surface area contributed by atoms with Gasteiger partial charge in [-0.3, -0.25) is 0 Å². The maximum absolute atomic E-state index is 13.3. The third kappa shape index (κ3) is 3.37. The van der Waals surface area contributed by atoms with Gasteiger partial charge in [0.2, 0.25) is 0 Å². The summed E-state index contributed by atoms with van der Waals surface area (Å²) in [5.41, 5.74) is 0.350. The predicted octanol–water partition coefficient (Wildman–Crippen LogP) is 3.73. The summed E-state index contributed by atoms with van der Waals surface area (Å²) in [4.78, 5) is 8.90. The summed E-state index contributed by atoms with van der Waals surface area (Å²) >= 11 is 0. The highest BCUT2D eigenvalue weighted by Crippen LogP contribution is 2.30. The second-order valence-corrected chi connectivity index (χ2v) is 6.81. The lowest BCUT2D eigenvalue weighted by Gasteiger charge is -2.24. The second-order valence-electron chi connectivity index (χ2n) is 6.81. The standard InChI is InChI=1S/C19H14F4N6/c1-19(2,13-5-3-7-15(24-13)28-9-11(20)17(22)26-28)14-6-4-8-16(25-14)29-10-12(21)18(23)27-29/h3-10H,1-2H3. The zero-order valence-electron chi connectivity index (χ0n) is 15.3. The molecule has 0 radical (unpaired) electrons. The fourth-order valence-corrected chi connectivity index (χ4v) is 2.83. The number of rotatable bonds is 4. The van der Waals surface area contributed by atoms with Gasteiger partial charge in [-0.05, 0) is 38.1 Å². The molecule has 0 spiro atoms. The van der Waals surface area contributed by atoms with Crippen molar-refractivity contribution in [3.63, 3.8) is 0 Å². The molecule has 0 aliphatic heterocycles. The first-order chi connectivity index (χ1) is 13.8. The van der Waals surface area contributed by atoms with Crippen LogP contribution in [0.25, 0.3) is 11.6 Å². The average Bonchev–Trinajstić information content (AvgIpc) is 3.23. The van der Waals surface area contributed by atoms with Gasteiger partial charge in [-0.15, -0.1) is 10.2 Å². The summed E-state index contributed by atoms with van der Waals surface area (Å²) in [5.74, 6) is -4.14. The van der Waals surface area contributed by atoms with Gasteiger partial charge in [0, 0.05) is 5.41 Å². The van der Waals surface area contributed by atoms with Gasteiger partial charge in [0.05, 0.1) is 23.8 Å². The zero-order chi connectivity index (χ0) is 20.8. The van der Waals surface area contributed by atoms with Crippen LogP contribution >= 0.6 is 0 Å². The molecule has 0 bridgehead atoms. The first kappa shape index (κ1) is 18.8. The van der Waals surface area contributed by atoms with Gasteiger partial charge in [0.1, 0.15) is 0 Å². The molecule has 0 amide bonds. The van der Waals surface area contributed by atoms with E-state index in [0.29, 0.717) is 11.4 Å². The van der Waals surface area contributed by atoms with E-state index in [-0.39, 0.29) is 11.6 Å². The Morgan fingerprint density at radius 2 is 1.10 bits per heavy atom. The molecule has 0 atom stereocenters. The third-order valence-corrected chi connectivity index (χ3v) is 4.48. The van der Waals surface area contributed by atoms with E-state index in [1.54, 1.807) is 36.4 Å². The summed E-state index contributed by atoms with van der Waals surface area (Å²) < 4.78 is 55.1. The fraction of sp³-hybridized carbons (Fsp3) is 0.158. The Labute approximate surface area is 162 Å². The van der Waals surface area contributed by atoms with Crippen molar-refractivity contribution in [1.82, 2.24) is 29.5 Å². The summed E-state index contributed by atoms with van der Waals surface area (Å²) in [7, 11) is 0. The molecule has 4 aromatic rings. The molecule has 0 fully saturated rings. The van der Waals surface area contributed by atoms with Gasteiger partial charge in [0.25, 0.3) is 11.9 Å². The van der Waals surface area contributed by atoms with Crippen LogP contribution in [0.1, 0.15) is 25.2 Å². The summed E-state index contributed by atoms with van der Waals surface area (Å²) in [6, 6.07) is 9.95. The number of nitrogens with zero attached hydrogens (tertiary/aromatic N) is 6. The van der Waals surface area contributed by atoms with Crippen molar-refractivity contribution in [3.8, 4) is 11.6 Å². The van der Waals surface area contributed by atoms with Crippen LogP contribution in [0.5, 0.6) is 0 Å². The van der Waals surface area contributed by atoms with E-state index >= 15 is 0 Å². The minimum Gasteiger partial charge on any atom is -0.233 e. The van der Waals surface area contributed by atoms with E-state index in [9.17, 15) is 17.6 Å². The highest BCUT2D eigenvalue weighted by molar-refractivity contribution is 5.36. The molecule has 4 aromatic heterocycles. The molecular formula is C19H14F4N6. The monoisotopic (exact) mass is 402 g/mol. The Hall–Kier alpha value is -3.56. The van der Waals surface area contributed by atoms with Crippen molar-refractivity contribution < 1.29 is 17.6 Å². The number of hydrogen-bond donors (Lipinski definition) is 0. The van der Waals surface area contributed by atoms with Crippen LogP contribution in [0.3, 0.4) is 0 Å². The van der Waals surface area contributed by atoms with E-state index in [1.807, 2.05) is 13.8 Å². The highest BCUT2D eigenvalue weighted by atomic mass is 19.2. The zero-order valence-corrected chi connectivity index (χ0v) is 15.3. The SMILES string of the molecule is CC(C)(c1cccc(-n2cc(F)c(F)n2)n1)c1cccc(-n2cc(F)c(F)n2)n1. The summed E-state index contributed by atoms with van der Waals surface area (Å²) in [6.45, 7) is 3.69. The molecule has 29 heavy (non-hydrogen) atoms. The van der Waals surface area contributed by atoms with Crippen LogP contribution in [0, 0.1) is 23.5 Å².